The van der Waals surface area contributed by atoms with Crippen molar-refractivity contribution in [2.24, 2.45) is 0 Å². The van der Waals surface area contributed by atoms with Gasteiger partial charge in [0.05, 0.1) is 0 Å². The Bertz CT molecular complexity index is 3560. The fraction of sp³-hybridized carbons (Fsp3) is 0. The van der Waals surface area contributed by atoms with Crippen LogP contribution in [0.1, 0.15) is 0 Å². The van der Waals surface area contributed by atoms with Crippen LogP contribution in [-0.2, 0) is 0 Å². The number of hydrogen-bond donors (Lipinski definition) is 0. The predicted molar refractivity (Wildman–Crippen MR) is 256 cm³/mol. The van der Waals surface area contributed by atoms with Gasteiger partial charge < -0.3 is 0 Å². The molecule has 0 amide bonds. The summed E-state index contributed by atoms with van der Waals surface area (Å²) in [4.78, 5) is 24.2. The van der Waals surface area contributed by atoms with E-state index in [4.69, 9.17) is 15.0 Å². The highest BCUT2D eigenvalue weighted by molar-refractivity contribution is 6.08. The monoisotopic (exact) mass is 789 g/mol. The van der Waals surface area contributed by atoms with Gasteiger partial charge in [0.2, 0.25) is 0 Å². The van der Waals surface area contributed by atoms with Gasteiger partial charge in [-0.2, -0.15) is 0 Å². The smallest absolute Gasteiger partial charge is 0.164 e. The van der Waals surface area contributed by atoms with E-state index in [-0.39, 0.29) is 0 Å². The normalized spacial score (nSPS) is 11.5. The average molecular weight is 790 g/mol. The Balaban J connectivity index is 1.10. The molecule has 0 unspecified atom stereocenters. The molecule has 10 aromatic carbocycles. The molecule has 0 saturated carbocycles. The average Bonchev–Trinajstić information content (AvgIpc) is 3.34. The zero-order chi connectivity index (χ0) is 41.0. The molecule has 5 nitrogen and oxygen atoms in total. The molecule has 12 aromatic rings. The molecule has 0 N–H and O–H groups in total. The van der Waals surface area contributed by atoms with Gasteiger partial charge in [0, 0.05) is 34.6 Å². The van der Waals surface area contributed by atoms with E-state index in [0.717, 1.165) is 60.8 Å². The Labute approximate surface area is 357 Å². The lowest BCUT2D eigenvalue weighted by Gasteiger charge is -2.15. The van der Waals surface area contributed by atoms with Crippen molar-refractivity contribution in [1.82, 2.24) is 24.9 Å². The van der Waals surface area contributed by atoms with Gasteiger partial charge in [-0.05, 0) is 130 Å². The lowest BCUT2D eigenvalue weighted by Crippen LogP contribution is -2.01. The number of nitrogens with zero attached hydrogens (tertiary/aromatic N) is 5. The van der Waals surface area contributed by atoms with Crippen LogP contribution in [0.4, 0.5) is 0 Å². The van der Waals surface area contributed by atoms with Crippen molar-refractivity contribution in [2.45, 2.75) is 0 Å². The molecular weight excluding hydrogens is 755 g/mol. The van der Waals surface area contributed by atoms with Gasteiger partial charge in [0.15, 0.2) is 17.5 Å². The highest BCUT2D eigenvalue weighted by Crippen LogP contribution is 2.40. The first-order valence-electron chi connectivity index (χ1n) is 20.8. The topological polar surface area (TPSA) is 64.5 Å². The number of hydrogen-bond acceptors (Lipinski definition) is 5. The molecule has 0 spiro atoms. The first-order chi connectivity index (χ1) is 30.7. The summed E-state index contributed by atoms with van der Waals surface area (Å²) in [7, 11) is 0. The molecule has 0 radical (unpaired) electrons. The molecule has 0 aliphatic rings. The van der Waals surface area contributed by atoms with E-state index in [1.807, 2.05) is 12.4 Å². The predicted octanol–water partition coefficient (Wildman–Crippen LogP) is 14.4. The van der Waals surface area contributed by atoms with Crippen LogP contribution in [-0.4, -0.2) is 24.9 Å². The van der Waals surface area contributed by atoms with Gasteiger partial charge in [-0.3, -0.25) is 0 Å². The fourth-order valence-corrected chi connectivity index (χ4v) is 8.86. The molecule has 2 aromatic heterocycles. The van der Waals surface area contributed by atoms with Crippen LogP contribution >= 0.6 is 0 Å². The standard InChI is InChI=1S/C57H35N5/c1-2-10-39-27-46(24-21-36(39)9-1)56-60-55(38-22-19-37(20-23-38)50-33-58-35-59-34-50)61-57(62-56)49-29-47(51-17-7-15-44-25-40-11-3-5-13-42(40)31-53(44)51)28-48(30-49)52-18-8-16-45-26-41-12-4-6-14-43(41)32-54(45)52/h1-35H. The summed E-state index contributed by atoms with van der Waals surface area (Å²) in [5.74, 6) is 1.80. The Morgan fingerprint density at radius 2 is 0.661 bits per heavy atom. The van der Waals surface area contributed by atoms with Gasteiger partial charge in [-0.15, -0.1) is 0 Å². The van der Waals surface area contributed by atoms with E-state index >= 15 is 0 Å². The Hall–Kier alpha value is -8.41. The van der Waals surface area contributed by atoms with Crippen molar-refractivity contribution in [3.63, 3.8) is 0 Å². The molecule has 0 saturated heterocycles. The number of rotatable bonds is 6. The van der Waals surface area contributed by atoms with Gasteiger partial charge >= 0.3 is 0 Å². The van der Waals surface area contributed by atoms with Crippen molar-refractivity contribution in [3.05, 3.63) is 213 Å². The third kappa shape index (κ3) is 6.40. The van der Waals surface area contributed by atoms with Gasteiger partial charge in [0.1, 0.15) is 6.33 Å². The summed E-state index contributed by atoms with van der Waals surface area (Å²) in [6, 6.07) is 69.4. The van der Waals surface area contributed by atoms with E-state index in [9.17, 15) is 0 Å². The molecular formula is C57H35N5. The van der Waals surface area contributed by atoms with E-state index < -0.39 is 0 Å². The molecule has 0 fully saturated rings. The van der Waals surface area contributed by atoms with Crippen LogP contribution in [0.2, 0.25) is 0 Å². The van der Waals surface area contributed by atoms with Crippen molar-refractivity contribution >= 4 is 53.9 Å². The highest BCUT2D eigenvalue weighted by atomic mass is 15.0. The number of aromatic nitrogens is 5. The molecule has 0 atom stereocenters. The largest absolute Gasteiger partial charge is 0.244 e. The van der Waals surface area contributed by atoms with Crippen LogP contribution < -0.4 is 0 Å². The first-order valence-corrected chi connectivity index (χ1v) is 20.8. The van der Waals surface area contributed by atoms with Crippen LogP contribution in [0, 0.1) is 0 Å². The van der Waals surface area contributed by atoms with Crippen LogP contribution in [0.15, 0.2) is 213 Å². The lowest BCUT2D eigenvalue weighted by molar-refractivity contribution is 1.07. The number of benzene rings is 10. The summed E-state index contributed by atoms with van der Waals surface area (Å²) in [6.45, 7) is 0. The molecule has 5 heteroatoms. The molecule has 2 heterocycles. The van der Waals surface area contributed by atoms with Crippen LogP contribution in [0.25, 0.3) is 121 Å². The maximum absolute atomic E-state index is 5.31. The van der Waals surface area contributed by atoms with Crippen LogP contribution in [0.3, 0.4) is 0 Å². The highest BCUT2D eigenvalue weighted by Gasteiger charge is 2.18. The molecule has 0 bridgehead atoms. The maximum atomic E-state index is 5.31. The third-order valence-corrected chi connectivity index (χ3v) is 12.0. The quantitative estimate of drug-likeness (QED) is 0.157. The Morgan fingerprint density at radius 3 is 1.23 bits per heavy atom. The molecule has 62 heavy (non-hydrogen) atoms. The van der Waals surface area contributed by atoms with Crippen molar-refractivity contribution in [3.8, 4) is 67.5 Å². The number of fused-ring (bicyclic) bond motifs is 5. The Kier molecular flexibility index (Phi) is 8.42. The minimum absolute atomic E-state index is 0.592. The fourth-order valence-electron chi connectivity index (χ4n) is 8.86. The Morgan fingerprint density at radius 1 is 0.242 bits per heavy atom. The maximum Gasteiger partial charge on any atom is 0.164 e. The summed E-state index contributed by atoms with van der Waals surface area (Å²) < 4.78 is 0. The molecule has 12 rings (SSSR count). The van der Waals surface area contributed by atoms with Gasteiger partial charge in [-0.25, -0.2) is 24.9 Å². The molecule has 0 aliphatic carbocycles. The van der Waals surface area contributed by atoms with Crippen LogP contribution in [0.5, 0.6) is 0 Å². The van der Waals surface area contributed by atoms with Crippen molar-refractivity contribution in [1.29, 1.82) is 0 Å². The SMILES string of the molecule is c1ccc2cc(-c3nc(-c4ccc(-c5cncnc5)cc4)nc(-c4cc(-c5cccc6cc7ccccc7cc56)cc(-c5cccc6cc7ccccc7cc56)c4)n3)ccc2c1. The van der Waals surface area contributed by atoms with E-state index in [2.05, 4.69) is 204 Å². The van der Waals surface area contributed by atoms with Gasteiger partial charge in [-0.1, -0.05) is 146 Å². The zero-order valence-electron chi connectivity index (χ0n) is 33.4. The lowest BCUT2D eigenvalue weighted by atomic mass is 9.90. The van der Waals surface area contributed by atoms with Crippen molar-refractivity contribution in [2.75, 3.05) is 0 Å². The second-order valence-corrected chi connectivity index (χ2v) is 15.8. The first kappa shape index (κ1) is 35.5. The molecule has 0 aliphatic heterocycles. The molecule has 288 valence electrons. The second-order valence-electron chi connectivity index (χ2n) is 15.8. The third-order valence-electron chi connectivity index (χ3n) is 12.0. The minimum Gasteiger partial charge on any atom is -0.244 e. The summed E-state index contributed by atoms with van der Waals surface area (Å²) in [6.07, 6.45) is 5.19. The van der Waals surface area contributed by atoms with Crippen molar-refractivity contribution < 1.29 is 0 Å². The second kappa shape index (κ2) is 14.7. The summed E-state index contributed by atoms with van der Waals surface area (Å²) in [5, 5.41) is 11.9. The summed E-state index contributed by atoms with van der Waals surface area (Å²) >= 11 is 0. The minimum atomic E-state index is 0.592. The van der Waals surface area contributed by atoms with Gasteiger partial charge in [0.25, 0.3) is 0 Å². The zero-order valence-corrected chi connectivity index (χ0v) is 33.4. The summed E-state index contributed by atoms with van der Waals surface area (Å²) in [5.41, 5.74) is 9.12. The van der Waals surface area contributed by atoms with E-state index in [1.165, 1.54) is 43.1 Å². The van der Waals surface area contributed by atoms with E-state index in [1.54, 1.807) is 6.33 Å². The van der Waals surface area contributed by atoms with E-state index in [0.29, 0.717) is 17.5 Å².